The van der Waals surface area contributed by atoms with E-state index in [-0.39, 0.29) is 30.6 Å². The number of hydrogen-bond donors (Lipinski definition) is 3. The molecule has 5 amide bonds. The van der Waals surface area contributed by atoms with Gasteiger partial charge in [-0.05, 0) is 40.2 Å². The van der Waals surface area contributed by atoms with Crippen molar-refractivity contribution >= 4 is 18.0 Å². The fourth-order valence-electron chi connectivity index (χ4n) is 2.65. The molecule has 1 aliphatic rings. The Morgan fingerprint density at radius 2 is 1.80 bits per heavy atom. The molecule has 1 atom stereocenters. The Labute approximate surface area is 148 Å². The molecule has 7 heteroatoms. The highest BCUT2D eigenvalue weighted by Gasteiger charge is 2.48. The fraction of sp³-hybridized carbons (Fsp3) is 0.500. The van der Waals surface area contributed by atoms with E-state index in [1.165, 1.54) is 0 Å². The lowest BCUT2D eigenvalue weighted by Crippen LogP contribution is -2.48. The van der Waals surface area contributed by atoms with Crippen LogP contribution in [0.25, 0.3) is 0 Å². The number of nitrogens with zero attached hydrogens (tertiary/aromatic N) is 1. The molecule has 7 nitrogen and oxygen atoms in total. The van der Waals surface area contributed by atoms with E-state index in [2.05, 4.69) is 16.0 Å². The molecule has 0 aliphatic carbocycles. The number of imide groups is 1. The highest BCUT2D eigenvalue weighted by molar-refractivity contribution is 6.07. The number of urea groups is 2. The Hall–Kier alpha value is -2.57. The molecule has 1 fully saturated rings. The first kappa shape index (κ1) is 18.8. The molecule has 2 rings (SSSR count). The molecular formula is C18H26N4O3. The van der Waals surface area contributed by atoms with E-state index in [1.54, 1.807) is 6.92 Å². The monoisotopic (exact) mass is 346 g/mol. The van der Waals surface area contributed by atoms with Crippen LogP contribution in [0, 0.1) is 6.92 Å². The number of hydrogen-bond acceptors (Lipinski definition) is 3. The number of nitrogens with one attached hydrogen (secondary N) is 3. The van der Waals surface area contributed by atoms with E-state index in [0.29, 0.717) is 0 Å². The van der Waals surface area contributed by atoms with Crippen molar-refractivity contribution in [1.82, 2.24) is 20.9 Å². The van der Waals surface area contributed by atoms with Crippen LogP contribution in [-0.2, 0) is 10.3 Å². The molecule has 25 heavy (non-hydrogen) atoms. The van der Waals surface area contributed by atoms with Crippen molar-refractivity contribution in [3.05, 3.63) is 35.4 Å². The Morgan fingerprint density at radius 3 is 2.36 bits per heavy atom. The topological polar surface area (TPSA) is 90.5 Å². The second-order valence-corrected chi connectivity index (χ2v) is 7.51. The average molecular weight is 346 g/mol. The van der Waals surface area contributed by atoms with Crippen molar-refractivity contribution in [3.8, 4) is 0 Å². The highest BCUT2D eigenvalue weighted by Crippen LogP contribution is 2.28. The molecule has 136 valence electrons. The zero-order valence-electron chi connectivity index (χ0n) is 15.4. The van der Waals surface area contributed by atoms with Crippen LogP contribution in [-0.4, -0.2) is 41.5 Å². The largest absolute Gasteiger partial charge is 0.336 e. The summed E-state index contributed by atoms with van der Waals surface area (Å²) in [7, 11) is 0. The van der Waals surface area contributed by atoms with Gasteiger partial charge in [-0.2, -0.15) is 0 Å². The summed E-state index contributed by atoms with van der Waals surface area (Å²) in [6.45, 7) is 9.57. The second-order valence-electron chi connectivity index (χ2n) is 7.51. The van der Waals surface area contributed by atoms with Crippen LogP contribution in [0.2, 0.25) is 0 Å². The lowest BCUT2D eigenvalue weighted by atomic mass is 9.91. The molecule has 0 radical (unpaired) electrons. The highest BCUT2D eigenvalue weighted by atomic mass is 16.2. The van der Waals surface area contributed by atoms with Gasteiger partial charge in [-0.1, -0.05) is 29.8 Å². The summed E-state index contributed by atoms with van der Waals surface area (Å²) in [5, 5.41) is 8.17. The van der Waals surface area contributed by atoms with Crippen LogP contribution in [0.15, 0.2) is 24.3 Å². The Bertz CT molecular complexity index is 679. The first-order valence-corrected chi connectivity index (χ1v) is 8.30. The van der Waals surface area contributed by atoms with Crippen molar-refractivity contribution in [2.45, 2.75) is 45.7 Å². The van der Waals surface area contributed by atoms with Gasteiger partial charge in [-0.25, -0.2) is 9.59 Å². The summed E-state index contributed by atoms with van der Waals surface area (Å²) in [4.78, 5) is 37.8. The number of carbonyl (C=O) groups is 3. The third-order valence-corrected chi connectivity index (χ3v) is 4.01. The van der Waals surface area contributed by atoms with E-state index < -0.39 is 11.6 Å². The van der Waals surface area contributed by atoms with Gasteiger partial charge in [0.15, 0.2) is 0 Å². The van der Waals surface area contributed by atoms with Gasteiger partial charge in [0.2, 0.25) is 0 Å². The molecule has 1 saturated heterocycles. The van der Waals surface area contributed by atoms with Gasteiger partial charge < -0.3 is 16.0 Å². The van der Waals surface area contributed by atoms with Crippen LogP contribution in [0.1, 0.15) is 38.8 Å². The Balaban J connectivity index is 1.99. The summed E-state index contributed by atoms with van der Waals surface area (Å²) in [5.41, 5.74) is 0.375. The molecular weight excluding hydrogens is 320 g/mol. The lowest BCUT2D eigenvalue weighted by molar-refractivity contribution is -0.131. The first-order chi connectivity index (χ1) is 11.5. The number of aryl methyl sites for hydroxylation is 1. The van der Waals surface area contributed by atoms with Gasteiger partial charge in [0, 0.05) is 18.6 Å². The van der Waals surface area contributed by atoms with Crippen molar-refractivity contribution in [2.75, 3.05) is 13.1 Å². The van der Waals surface area contributed by atoms with Gasteiger partial charge in [-0.15, -0.1) is 0 Å². The first-order valence-electron chi connectivity index (χ1n) is 8.30. The molecule has 1 aliphatic heterocycles. The second kappa shape index (κ2) is 6.74. The zero-order valence-corrected chi connectivity index (χ0v) is 15.4. The smallest absolute Gasteiger partial charge is 0.325 e. The quantitative estimate of drug-likeness (QED) is 0.727. The van der Waals surface area contributed by atoms with Gasteiger partial charge in [0.25, 0.3) is 5.91 Å². The molecule has 1 aromatic rings. The minimum Gasteiger partial charge on any atom is -0.336 e. The summed E-state index contributed by atoms with van der Waals surface area (Å²) in [6, 6.07) is 6.70. The van der Waals surface area contributed by atoms with Crippen LogP contribution in [0.4, 0.5) is 9.59 Å². The van der Waals surface area contributed by atoms with Crippen LogP contribution < -0.4 is 16.0 Å². The molecule has 0 aromatic heterocycles. The molecule has 1 unspecified atom stereocenters. The SMILES string of the molecule is Cc1ccc(C2(C)NC(=O)N(CCNC(=O)NC(C)(C)C)C2=O)cc1. The van der Waals surface area contributed by atoms with E-state index >= 15 is 0 Å². The summed E-state index contributed by atoms with van der Waals surface area (Å²) < 4.78 is 0. The maximum absolute atomic E-state index is 12.7. The number of amides is 5. The van der Waals surface area contributed by atoms with Crippen LogP contribution in [0.3, 0.4) is 0 Å². The molecule has 0 bridgehead atoms. The average Bonchev–Trinajstić information content (AvgIpc) is 2.70. The maximum Gasteiger partial charge on any atom is 0.325 e. The third-order valence-electron chi connectivity index (χ3n) is 4.01. The Morgan fingerprint density at radius 1 is 1.20 bits per heavy atom. The van der Waals surface area contributed by atoms with Gasteiger partial charge in [-0.3, -0.25) is 9.69 Å². The third kappa shape index (κ3) is 4.29. The van der Waals surface area contributed by atoms with E-state index in [4.69, 9.17) is 0 Å². The van der Waals surface area contributed by atoms with E-state index in [9.17, 15) is 14.4 Å². The zero-order chi connectivity index (χ0) is 18.8. The van der Waals surface area contributed by atoms with E-state index in [0.717, 1.165) is 16.0 Å². The molecule has 0 saturated carbocycles. The predicted octanol–water partition coefficient (Wildman–Crippen LogP) is 1.86. The van der Waals surface area contributed by atoms with Gasteiger partial charge >= 0.3 is 12.1 Å². The number of benzene rings is 1. The molecule has 1 heterocycles. The van der Waals surface area contributed by atoms with Crippen LogP contribution in [0.5, 0.6) is 0 Å². The minimum atomic E-state index is -1.08. The van der Waals surface area contributed by atoms with Gasteiger partial charge in [0.1, 0.15) is 5.54 Å². The minimum absolute atomic E-state index is 0.115. The van der Waals surface area contributed by atoms with Crippen LogP contribution >= 0.6 is 0 Å². The standard InChI is InChI=1S/C18H26N4O3/c1-12-6-8-13(9-7-12)18(5)14(23)22(16(25)21-18)11-10-19-15(24)20-17(2,3)4/h6-9H,10-11H2,1-5H3,(H,21,25)(H2,19,20,24). The normalized spacial score (nSPS) is 20.4. The van der Waals surface area contributed by atoms with Crippen molar-refractivity contribution in [3.63, 3.8) is 0 Å². The van der Waals surface area contributed by atoms with Crippen molar-refractivity contribution in [1.29, 1.82) is 0 Å². The fourth-order valence-corrected chi connectivity index (χ4v) is 2.65. The molecule has 3 N–H and O–H groups in total. The molecule has 1 aromatic carbocycles. The summed E-state index contributed by atoms with van der Waals surface area (Å²) >= 11 is 0. The lowest BCUT2D eigenvalue weighted by Gasteiger charge is -2.23. The maximum atomic E-state index is 12.7. The number of rotatable bonds is 4. The summed E-state index contributed by atoms with van der Waals surface area (Å²) in [6.07, 6.45) is 0. The predicted molar refractivity (Wildman–Crippen MR) is 95.1 cm³/mol. The van der Waals surface area contributed by atoms with E-state index in [1.807, 2.05) is 52.0 Å². The van der Waals surface area contributed by atoms with Crippen molar-refractivity contribution in [2.24, 2.45) is 0 Å². The number of carbonyl (C=O) groups excluding carboxylic acids is 3. The Kier molecular flexibility index (Phi) is 5.06. The molecule has 0 spiro atoms. The summed E-state index contributed by atoms with van der Waals surface area (Å²) in [5.74, 6) is -0.320. The van der Waals surface area contributed by atoms with Gasteiger partial charge in [0.05, 0.1) is 0 Å². The van der Waals surface area contributed by atoms with Crippen molar-refractivity contribution < 1.29 is 14.4 Å².